The zero-order valence-electron chi connectivity index (χ0n) is 9.22. The Morgan fingerprint density at radius 3 is 2.71 bits per heavy atom. The maximum atomic E-state index is 4.29. The number of nitrogens with one attached hydrogen (secondary N) is 2. The lowest BCUT2D eigenvalue weighted by atomic mass is 10.2. The predicted octanol–water partition coefficient (Wildman–Crippen LogP) is 1.93. The van der Waals surface area contributed by atoms with E-state index in [-0.39, 0.29) is 0 Å². The number of nitrogens with zero attached hydrogens (tertiary/aromatic N) is 1. The van der Waals surface area contributed by atoms with E-state index in [2.05, 4.69) is 35.5 Å². The smallest absolute Gasteiger partial charge is 0.0419 e. The third-order valence-corrected chi connectivity index (χ3v) is 2.06. The highest BCUT2D eigenvalue weighted by Crippen LogP contribution is 2.14. The van der Waals surface area contributed by atoms with Crippen molar-refractivity contribution in [3.05, 3.63) is 23.5 Å². The Kier molecular flexibility index (Phi) is 4.40. The van der Waals surface area contributed by atoms with Crippen LogP contribution in [0.5, 0.6) is 0 Å². The van der Waals surface area contributed by atoms with Crippen LogP contribution in [-0.2, 0) is 6.54 Å². The van der Waals surface area contributed by atoms with Gasteiger partial charge in [0, 0.05) is 36.2 Å². The molecule has 0 bridgehead atoms. The number of hydrogen-bond donors (Lipinski definition) is 2. The Bertz CT molecular complexity index is 284. The number of pyridine rings is 1. The quantitative estimate of drug-likeness (QED) is 0.750. The SMILES string of the molecule is CCNCc1cnc(C)cc1NCC. The van der Waals surface area contributed by atoms with Crippen LogP contribution in [-0.4, -0.2) is 18.1 Å². The van der Waals surface area contributed by atoms with Crippen LogP contribution >= 0.6 is 0 Å². The molecule has 78 valence electrons. The molecule has 0 unspecified atom stereocenters. The van der Waals surface area contributed by atoms with Gasteiger partial charge >= 0.3 is 0 Å². The predicted molar refractivity (Wildman–Crippen MR) is 60.5 cm³/mol. The third-order valence-electron chi connectivity index (χ3n) is 2.06. The van der Waals surface area contributed by atoms with E-state index >= 15 is 0 Å². The van der Waals surface area contributed by atoms with E-state index in [1.54, 1.807) is 0 Å². The van der Waals surface area contributed by atoms with Crippen LogP contribution in [0.3, 0.4) is 0 Å². The lowest BCUT2D eigenvalue weighted by Gasteiger charge is -2.11. The van der Waals surface area contributed by atoms with Gasteiger partial charge in [-0.2, -0.15) is 0 Å². The van der Waals surface area contributed by atoms with E-state index in [1.165, 1.54) is 11.3 Å². The molecule has 0 aliphatic heterocycles. The number of aromatic nitrogens is 1. The Morgan fingerprint density at radius 1 is 1.29 bits per heavy atom. The van der Waals surface area contributed by atoms with Crippen molar-refractivity contribution in [2.45, 2.75) is 27.3 Å². The van der Waals surface area contributed by atoms with Gasteiger partial charge in [0.15, 0.2) is 0 Å². The first-order valence-electron chi connectivity index (χ1n) is 5.18. The zero-order chi connectivity index (χ0) is 10.4. The van der Waals surface area contributed by atoms with Crippen LogP contribution in [0.4, 0.5) is 5.69 Å². The lowest BCUT2D eigenvalue weighted by Crippen LogP contribution is -2.14. The summed E-state index contributed by atoms with van der Waals surface area (Å²) in [6, 6.07) is 2.09. The van der Waals surface area contributed by atoms with Gasteiger partial charge in [-0.3, -0.25) is 4.98 Å². The fourth-order valence-corrected chi connectivity index (χ4v) is 1.34. The zero-order valence-corrected chi connectivity index (χ0v) is 9.22. The summed E-state index contributed by atoms with van der Waals surface area (Å²) < 4.78 is 0. The fourth-order valence-electron chi connectivity index (χ4n) is 1.34. The average Bonchev–Trinajstić information content (AvgIpc) is 2.17. The molecule has 0 amide bonds. The summed E-state index contributed by atoms with van der Waals surface area (Å²) in [5, 5.41) is 6.65. The molecule has 1 heterocycles. The largest absolute Gasteiger partial charge is 0.385 e. The topological polar surface area (TPSA) is 37.0 Å². The molecule has 3 nitrogen and oxygen atoms in total. The Labute approximate surface area is 85.9 Å². The molecule has 1 aromatic heterocycles. The van der Waals surface area contributed by atoms with Crippen molar-refractivity contribution in [2.75, 3.05) is 18.4 Å². The van der Waals surface area contributed by atoms with Gasteiger partial charge in [-0.25, -0.2) is 0 Å². The third kappa shape index (κ3) is 3.00. The van der Waals surface area contributed by atoms with Crippen LogP contribution < -0.4 is 10.6 Å². The van der Waals surface area contributed by atoms with Crippen molar-refractivity contribution < 1.29 is 0 Å². The van der Waals surface area contributed by atoms with Gasteiger partial charge in [-0.15, -0.1) is 0 Å². The highest BCUT2D eigenvalue weighted by molar-refractivity contribution is 5.50. The number of anilines is 1. The van der Waals surface area contributed by atoms with Crippen molar-refractivity contribution in [3.8, 4) is 0 Å². The van der Waals surface area contributed by atoms with Crippen LogP contribution in [0.1, 0.15) is 25.1 Å². The second kappa shape index (κ2) is 5.60. The fraction of sp³-hybridized carbons (Fsp3) is 0.545. The second-order valence-corrected chi connectivity index (χ2v) is 3.29. The molecule has 2 N–H and O–H groups in total. The van der Waals surface area contributed by atoms with Crippen molar-refractivity contribution >= 4 is 5.69 Å². The first kappa shape index (κ1) is 11.0. The number of aryl methyl sites for hydroxylation is 1. The molecule has 0 aliphatic rings. The molecule has 0 spiro atoms. The van der Waals surface area contributed by atoms with Crippen molar-refractivity contribution in [3.63, 3.8) is 0 Å². The van der Waals surface area contributed by atoms with E-state index < -0.39 is 0 Å². The van der Waals surface area contributed by atoms with Crippen molar-refractivity contribution in [2.24, 2.45) is 0 Å². The molecule has 0 fully saturated rings. The molecule has 3 heteroatoms. The summed E-state index contributed by atoms with van der Waals surface area (Å²) in [5.74, 6) is 0. The van der Waals surface area contributed by atoms with Crippen LogP contribution in [0, 0.1) is 6.92 Å². The van der Waals surface area contributed by atoms with Crippen molar-refractivity contribution in [1.82, 2.24) is 10.3 Å². The minimum absolute atomic E-state index is 0.881. The standard InChI is InChI=1S/C11H19N3/c1-4-12-7-10-8-14-9(3)6-11(10)13-5-2/h6,8,12H,4-5,7H2,1-3H3,(H,13,14). The van der Waals surface area contributed by atoms with Gasteiger partial charge < -0.3 is 10.6 Å². The van der Waals surface area contributed by atoms with Gasteiger partial charge in [0.1, 0.15) is 0 Å². The van der Waals surface area contributed by atoms with E-state index in [0.717, 1.165) is 25.3 Å². The summed E-state index contributed by atoms with van der Waals surface area (Å²) in [6.07, 6.45) is 1.94. The highest BCUT2D eigenvalue weighted by atomic mass is 14.9. The molecule has 0 aliphatic carbocycles. The van der Waals surface area contributed by atoms with Gasteiger partial charge in [0.05, 0.1) is 0 Å². The summed E-state index contributed by atoms with van der Waals surface area (Å²) >= 11 is 0. The summed E-state index contributed by atoms with van der Waals surface area (Å²) in [5.41, 5.74) is 3.49. The van der Waals surface area contributed by atoms with Gasteiger partial charge in [-0.1, -0.05) is 6.92 Å². The molecule has 14 heavy (non-hydrogen) atoms. The molecule has 0 radical (unpaired) electrons. The molecular formula is C11H19N3. The maximum absolute atomic E-state index is 4.29. The summed E-state index contributed by atoms with van der Waals surface area (Å²) in [6.45, 7) is 9.04. The first-order chi connectivity index (χ1) is 6.77. The normalized spacial score (nSPS) is 10.2. The van der Waals surface area contributed by atoms with E-state index in [4.69, 9.17) is 0 Å². The molecule has 0 saturated carbocycles. The molecule has 0 aromatic carbocycles. The van der Waals surface area contributed by atoms with Crippen molar-refractivity contribution in [1.29, 1.82) is 0 Å². The highest BCUT2D eigenvalue weighted by Gasteiger charge is 2.01. The van der Waals surface area contributed by atoms with Gasteiger partial charge in [-0.05, 0) is 26.5 Å². The Hall–Kier alpha value is -1.09. The van der Waals surface area contributed by atoms with E-state index in [9.17, 15) is 0 Å². The minimum Gasteiger partial charge on any atom is -0.385 e. The Morgan fingerprint density at radius 2 is 2.07 bits per heavy atom. The molecular weight excluding hydrogens is 174 g/mol. The van der Waals surface area contributed by atoms with E-state index in [1.807, 2.05) is 13.1 Å². The van der Waals surface area contributed by atoms with Crippen LogP contribution in [0.25, 0.3) is 0 Å². The van der Waals surface area contributed by atoms with Gasteiger partial charge in [0.2, 0.25) is 0 Å². The average molecular weight is 193 g/mol. The molecule has 0 atom stereocenters. The number of rotatable bonds is 5. The van der Waals surface area contributed by atoms with E-state index in [0.29, 0.717) is 0 Å². The molecule has 0 saturated heterocycles. The Balaban J connectivity index is 2.78. The number of hydrogen-bond acceptors (Lipinski definition) is 3. The van der Waals surface area contributed by atoms with Crippen LogP contribution in [0.15, 0.2) is 12.3 Å². The van der Waals surface area contributed by atoms with Crippen LogP contribution in [0.2, 0.25) is 0 Å². The second-order valence-electron chi connectivity index (χ2n) is 3.29. The maximum Gasteiger partial charge on any atom is 0.0419 e. The monoisotopic (exact) mass is 193 g/mol. The summed E-state index contributed by atoms with van der Waals surface area (Å²) in [7, 11) is 0. The molecule has 1 aromatic rings. The first-order valence-corrected chi connectivity index (χ1v) is 5.18. The molecule has 1 rings (SSSR count). The van der Waals surface area contributed by atoms with Gasteiger partial charge in [0.25, 0.3) is 0 Å². The lowest BCUT2D eigenvalue weighted by molar-refractivity contribution is 0.724. The summed E-state index contributed by atoms with van der Waals surface area (Å²) in [4.78, 5) is 4.29. The minimum atomic E-state index is 0.881.